The second-order valence-corrected chi connectivity index (χ2v) is 15.7. The zero-order valence-corrected chi connectivity index (χ0v) is 28.5. The average Bonchev–Trinajstić information content (AvgIpc) is 3.32. The molecule has 1 aliphatic heterocycles. The number of carbonyl (C=O) groups excluding carboxylic acids is 4. The number of nitrogens with one attached hydrogen (secondary N) is 3. The van der Waals surface area contributed by atoms with Crippen LogP contribution in [0.5, 0.6) is 0 Å². The summed E-state index contributed by atoms with van der Waals surface area (Å²) in [5.41, 5.74) is 7.75. The normalized spacial score (nSPS) is 23.8. The quantitative estimate of drug-likeness (QED) is 0.258. The van der Waals surface area contributed by atoms with E-state index in [0.29, 0.717) is 25.8 Å². The zero-order chi connectivity index (χ0) is 33.4. The van der Waals surface area contributed by atoms with Crippen LogP contribution in [0.4, 0.5) is 4.79 Å². The lowest BCUT2D eigenvalue weighted by atomic mass is 9.84. The Morgan fingerprint density at radius 2 is 1.64 bits per heavy atom. The van der Waals surface area contributed by atoms with Crippen LogP contribution in [0.15, 0.2) is 36.5 Å². The fourth-order valence-electron chi connectivity index (χ4n) is 7.74. The van der Waals surface area contributed by atoms with E-state index in [1.807, 2.05) is 26.0 Å². The number of urea groups is 1. The maximum absolute atomic E-state index is 14.6. The number of amides is 4. The predicted octanol–water partition coefficient (Wildman–Crippen LogP) is 4.34. The lowest BCUT2D eigenvalue weighted by Crippen LogP contribution is -2.61. The van der Waals surface area contributed by atoms with Crippen molar-refractivity contribution in [2.75, 3.05) is 6.54 Å². The number of rotatable bonds is 12. The summed E-state index contributed by atoms with van der Waals surface area (Å²) >= 11 is 0. The second-order valence-electron chi connectivity index (χ2n) is 15.7. The van der Waals surface area contributed by atoms with Gasteiger partial charge in [0.1, 0.15) is 12.1 Å². The van der Waals surface area contributed by atoms with Gasteiger partial charge in [0.2, 0.25) is 11.8 Å². The Bertz CT molecular complexity index is 1290. The topological polar surface area (TPSA) is 134 Å². The van der Waals surface area contributed by atoms with E-state index in [1.165, 1.54) is 11.1 Å². The first kappa shape index (κ1) is 34.5. The number of ketones is 1. The first-order chi connectivity index (χ1) is 21.0. The molecule has 2 fully saturated rings. The lowest BCUT2D eigenvalue weighted by molar-refractivity contribution is -0.143. The zero-order valence-electron chi connectivity index (χ0n) is 28.5. The molecule has 2 aliphatic carbocycles. The average molecular weight is 622 g/mol. The van der Waals surface area contributed by atoms with Gasteiger partial charge in [0, 0.05) is 12.6 Å². The molecule has 0 bridgehead atoms. The lowest BCUT2D eigenvalue weighted by Gasteiger charge is -2.36. The molecule has 3 aliphatic rings. The van der Waals surface area contributed by atoms with Crippen molar-refractivity contribution < 1.29 is 19.2 Å². The van der Waals surface area contributed by atoms with E-state index in [9.17, 15) is 19.2 Å². The molecule has 0 spiro atoms. The number of carbonyl (C=O) groups is 4. The van der Waals surface area contributed by atoms with Crippen LogP contribution in [-0.2, 0) is 27.2 Å². The maximum Gasteiger partial charge on any atom is 0.315 e. The van der Waals surface area contributed by atoms with Gasteiger partial charge in [-0.25, -0.2) is 4.79 Å². The van der Waals surface area contributed by atoms with Crippen LogP contribution in [-0.4, -0.2) is 59.2 Å². The van der Waals surface area contributed by atoms with E-state index in [0.717, 1.165) is 12.8 Å². The van der Waals surface area contributed by atoms with Gasteiger partial charge >= 0.3 is 6.03 Å². The molecule has 1 heterocycles. The van der Waals surface area contributed by atoms with Gasteiger partial charge in [0.15, 0.2) is 5.78 Å². The summed E-state index contributed by atoms with van der Waals surface area (Å²) < 4.78 is 0. The highest BCUT2D eigenvalue weighted by atomic mass is 16.2. The summed E-state index contributed by atoms with van der Waals surface area (Å²) in [4.78, 5) is 56.8. The molecule has 248 valence electrons. The number of likely N-dealkylation sites (tertiary alicyclic amines) is 1. The molecular formula is C36H55N5O4. The van der Waals surface area contributed by atoms with Gasteiger partial charge in [0.25, 0.3) is 0 Å². The monoisotopic (exact) mass is 621 g/mol. The Kier molecular flexibility index (Phi) is 10.1. The summed E-state index contributed by atoms with van der Waals surface area (Å²) in [6, 6.07) is 5.35. The van der Waals surface area contributed by atoms with Gasteiger partial charge in [-0.2, -0.15) is 0 Å². The van der Waals surface area contributed by atoms with E-state index in [4.69, 9.17) is 5.73 Å². The van der Waals surface area contributed by atoms with Gasteiger partial charge in [-0.1, -0.05) is 92.7 Å². The molecule has 4 amide bonds. The first-order valence-electron chi connectivity index (χ1n) is 16.7. The highest BCUT2D eigenvalue weighted by molar-refractivity contribution is 6.01. The smallest absolute Gasteiger partial charge is 0.315 e. The summed E-state index contributed by atoms with van der Waals surface area (Å²) in [7, 11) is 0. The summed E-state index contributed by atoms with van der Waals surface area (Å²) in [6.45, 7) is 20.6. The minimum absolute atomic E-state index is 0.0394. The second kappa shape index (κ2) is 13.2. The third-order valence-corrected chi connectivity index (χ3v) is 10.5. The Balaban J connectivity index is 1.62. The molecule has 6 atom stereocenters. The van der Waals surface area contributed by atoms with E-state index >= 15 is 0 Å². The van der Waals surface area contributed by atoms with E-state index in [2.05, 4.69) is 76.2 Å². The highest BCUT2D eigenvalue weighted by Crippen LogP contribution is 2.65. The third kappa shape index (κ3) is 7.39. The molecule has 1 saturated carbocycles. The standard InChI is InChI=1S/C36H55N5O4/c1-10-13-27(35(5,6)7)39-34(45)40-29(24-17-22-14-11-12-15-23(22)18-24)33(44)41-19-25-28(36(25,8)9)30(41)32(43)38-26(16-20(2)3)31(42)21(4)37/h11-12,14-15,20,24-30H,4,10,13,16-19,37H2,1-3,5-9H3,(H,38,43)(H2,39,40,45)/t25-,26?,27?,28-,29?,30?/m0/s1. The molecule has 4 unspecified atom stereocenters. The van der Waals surface area contributed by atoms with Crippen LogP contribution >= 0.6 is 0 Å². The third-order valence-electron chi connectivity index (χ3n) is 10.5. The molecule has 9 nitrogen and oxygen atoms in total. The minimum atomic E-state index is -0.815. The molecular weight excluding hydrogens is 566 g/mol. The van der Waals surface area contributed by atoms with Crippen molar-refractivity contribution in [3.05, 3.63) is 47.7 Å². The van der Waals surface area contributed by atoms with Crippen LogP contribution in [0, 0.1) is 34.5 Å². The molecule has 0 aromatic heterocycles. The van der Waals surface area contributed by atoms with E-state index in [1.54, 1.807) is 4.90 Å². The first-order valence-corrected chi connectivity index (χ1v) is 16.7. The number of benzene rings is 1. The van der Waals surface area contributed by atoms with Crippen molar-refractivity contribution in [3.8, 4) is 0 Å². The van der Waals surface area contributed by atoms with E-state index < -0.39 is 23.9 Å². The van der Waals surface area contributed by atoms with Crippen molar-refractivity contribution in [1.29, 1.82) is 0 Å². The fourth-order valence-corrected chi connectivity index (χ4v) is 7.74. The van der Waals surface area contributed by atoms with Crippen LogP contribution in [0.25, 0.3) is 0 Å². The van der Waals surface area contributed by atoms with Crippen LogP contribution in [0.2, 0.25) is 0 Å². The van der Waals surface area contributed by atoms with Crippen molar-refractivity contribution in [2.24, 2.45) is 40.2 Å². The van der Waals surface area contributed by atoms with Crippen LogP contribution in [0.1, 0.15) is 85.8 Å². The summed E-state index contributed by atoms with van der Waals surface area (Å²) in [5, 5.41) is 9.19. The molecule has 4 rings (SSSR count). The fraction of sp³-hybridized carbons (Fsp3) is 0.667. The van der Waals surface area contributed by atoms with Gasteiger partial charge < -0.3 is 26.6 Å². The Morgan fingerprint density at radius 3 is 2.16 bits per heavy atom. The molecule has 1 aromatic rings. The summed E-state index contributed by atoms with van der Waals surface area (Å²) in [5.74, 6) is -0.900. The number of hydrogen-bond acceptors (Lipinski definition) is 5. The van der Waals surface area contributed by atoms with Gasteiger partial charge in [0.05, 0.1) is 11.7 Å². The van der Waals surface area contributed by atoms with Gasteiger partial charge in [-0.3, -0.25) is 14.4 Å². The van der Waals surface area contributed by atoms with Crippen molar-refractivity contribution in [1.82, 2.24) is 20.9 Å². The van der Waals surface area contributed by atoms with Gasteiger partial charge in [-0.05, 0) is 71.3 Å². The maximum atomic E-state index is 14.6. The SMILES string of the molecule is C=C(N)C(=O)C(CC(C)C)NC(=O)C1[C@@H]2[C@H](CN1C(=O)C(NC(=O)NC(CCC)C(C)(C)C)C1Cc3ccccc3C1)C2(C)C. The predicted molar refractivity (Wildman–Crippen MR) is 177 cm³/mol. The Hall–Kier alpha value is -3.36. The highest BCUT2D eigenvalue weighted by Gasteiger charge is 2.69. The van der Waals surface area contributed by atoms with E-state index in [-0.39, 0.29) is 64.1 Å². The largest absolute Gasteiger partial charge is 0.396 e. The van der Waals surface area contributed by atoms with Crippen LogP contribution < -0.4 is 21.7 Å². The minimum Gasteiger partial charge on any atom is -0.396 e. The number of piperidine rings is 1. The van der Waals surface area contributed by atoms with Crippen molar-refractivity contribution in [3.63, 3.8) is 0 Å². The molecule has 1 aromatic carbocycles. The Labute approximate surface area is 269 Å². The van der Waals surface area contributed by atoms with Crippen molar-refractivity contribution >= 4 is 23.6 Å². The molecule has 45 heavy (non-hydrogen) atoms. The molecule has 9 heteroatoms. The summed E-state index contributed by atoms with van der Waals surface area (Å²) in [6.07, 6.45) is 3.48. The molecule has 1 saturated heterocycles. The van der Waals surface area contributed by atoms with Crippen molar-refractivity contribution in [2.45, 2.75) is 112 Å². The Morgan fingerprint density at radius 1 is 1.04 bits per heavy atom. The number of Topliss-reactive ketones (excluding diaryl/α,β-unsaturated/α-hetero) is 1. The number of hydrogen-bond donors (Lipinski definition) is 4. The molecule has 5 N–H and O–H groups in total. The van der Waals surface area contributed by atoms with Gasteiger partial charge in [-0.15, -0.1) is 0 Å². The van der Waals surface area contributed by atoms with Crippen LogP contribution in [0.3, 0.4) is 0 Å². The number of nitrogens with zero attached hydrogens (tertiary/aromatic N) is 1. The number of fused-ring (bicyclic) bond motifs is 2. The molecule has 0 radical (unpaired) electrons. The number of nitrogens with two attached hydrogens (primary N) is 1.